The highest BCUT2D eigenvalue weighted by molar-refractivity contribution is 5.92. The number of aromatic nitrogens is 2. The average Bonchev–Trinajstić information content (AvgIpc) is 3.51. The number of hydrogen-bond donors (Lipinski definition) is 1. The molecule has 2 aromatic heterocycles. The first-order chi connectivity index (χ1) is 17.0. The molecule has 4 aromatic rings. The van der Waals surface area contributed by atoms with Crippen molar-refractivity contribution in [1.82, 2.24) is 24.7 Å². The Morgan fingerprint density at radius 3 is 2.66 bits per heavy atom. The van der Waals surface area contributed by atoms with Crippen molar-refractivity contribution in [2.75, 3.05) is 39.8 Å². The van der Waals surface area contributed by atoms with Crippen LogP contribution in [0.4, 0.5) is 4.39 Å². The Balaban J connectivity index is 1.29. The van der Waals surface area contributed by atoms with Gasteiger partial charge < -0.3 is 19.2 Å². The summed E-state index contributed by atoms with van der Waals surface area (Å²) in [5, 5.41) is 1.21. The summed E-state index contributed by atoms with van der Waals surface area (Å²) in [4.78, 5) is 27.0. The molecule has 3 heterocycles. The van der Waals surface area contributed by atoms with Crippen molar-refractivity contribution in [1.29, 1.82) is 0 Å². The van der Waals surface area contributed by atoms with Gasteiger partial charge in [-0.1, -0.05) is 30.3 Å². The molecule has 5 rings (SSSR count). The summed E-state index contributed by atoms with van der Waals surface area (Å²) in [5.41, 5.74) is 3.71. The van der Waals surface area contributed by atoms with Crippen molar-refractivity contribution >= 4 is 16.8 Å². The molecule has 1 N–H and O–H groups in total. The van der Waals surface area contributed by atoms with Crippen LogP contribution in [0.2, 0.25) is 0 Å². The Labute approximate surface area is 204 Å². The minimum atomic E-state index is -0.251. The van der Waals surface area contributed by atoms with Crippen LogP contribution in [0.5, 0.6) is 0 Å². The fraction of sp³-hybridized carbons (Fsp3) is 0.333. The second kappa shape index (κ2) is 10.4. The summed E-state index contributed by atoms with van der Waals surface area (Å²) >= 11 is 0. The number of fused-ring (bicyclic) bond motifs is 1. The number of piperazine rings is 1. The first-order valence-electron chi connectivity index (χ1n) is 12.0. The second-order valence-corrected chi connectivity index (χ2v) is 9.17. The predicted octanol–water partition coefficient (Wildman–Crippen LogP) is 3.93. The summed E-state index contributed by atoms with van der Waals surface area (Å²) in [6, 6.07) is 14.8. The minimum Gasteiger partial charge on any atom is -0.447 e. The van der Waals surface area contributed by atoms with E-state index in [9.17, 15) is 9.18 Å². The Bertz CT molecular complexity index is 1270. The molecule has 0 atom stereocenters. The molecule has 8 heteroatoms. The second-order valence-electron chi connectivity index (χ2n) is 9.17. The van der Waals surface area contributed by atoms with E-state index in [0.717, 1.165) is 37.1 Å². The van der Waals surface area contributed by atoms with Crippen LogP contribution >= 0.6 is 0 Å². The normalized spacial score (nSPS) is 14.8. The van der Waals surface area contributed by atoms with Crippen LogP contribution in [-0.2, 0) is 19.5 Å². The van der Waals surface area contributed by atoms with Gasteiger partial charge in [-0.05, 0) is 42.8 Å². The van der Waals surface area contributed by atoms with Crippen molar-refractivity contribution in [3.8, 4) is 0 Å². The van der Waals surface area contributed by atoms with Gasteiger partial charge in [-0.2, -0.15) is 0 Å². The number of carbonyl (C=O) groups excluding carboxylic acids is 1. The Morgan fingerprint density at radius 1 is 1.09 bits per heavy atom. The zero-order valence-corrected chi connectivity index (χ0v) is 19.9. The number of H-pyrrole nitrogens is 1. The van der Waals surface area contributed by atoms with E-state index in [-0.39, 0.29) is 11.7 Å². The minimum absolute atomic E-state index is 0.0861. The number of halogens is 1. The molecular formula is C27H30FN5O2. The van der Waals surface area contributed by atoms with E-state index in [4.69, 9.17) is 4.42 Å². The van der Waals surface area contributed by atoms with Crippen LogP contribution in [0.25, 0.3) is 10.9 Å². The Morgan fingerprint density at radius 2 is 1.86 bits per heavy atom. The van der Waals surface area contributed by atoms with Crippen LogP contribution in [0, 0.1) is 5.82 Å². The Kier molecular flexibility index (Phi) is 6.92. The summed E-state index contributed by atoms with van der Waals surface area (Å²) in [7, 11) is 2.06. The van der Waals surface area contributed by atoms with Crippen LogP contribution < -0.4 is 0 Å². The standard InChI is InChI=1S/C27H30FN5O2/c1-31-12-14-33(15-13-31)27(34)25-19-35-26(30-25)18-32(17-20-6-8-22(28)9-7-20)11-10-21-16-29-24-5-3-2-4-23(21)24/h2-9,16,19,29H,10-15,17-18H2,1H3. The van der Waals surface area contributed by atoms with Gasteiger partial charge in [-0.25, -0.2) is 9.37 Å². The maximum Gasteiger partial charge on any atom is 0.275 e. The van der Waals surface area contributed by atoms with Crippen LogP contribution in [0.15, 0.2) is 65.4 Å². The number of rotatable bonds is 8. The maximum absolute atomic E-state index is 13.4. The zero-order valence-electron chi connectivity index (χ0n) is 19.9. The molecule has 0 spiro atoms. The molecule has 1 aliphatic rings. The smallest absolute Gasteiger partial charge is 0.275 e. The van der Waals surface area contributed by atoms with E-state index < -0.39 is 0 Å². The first kappa shape index (κ1) is 23.3. The van der Waals surface area contributed by atoms with Crippen LogP contribution in [0.3, 0.4) is 0 Å². The van der Waals surface area contributed by atoms with E-state index in [1.165, 1.54) is 29.3 Å². The van der Waals surface area contributed by atoms with Gasteiger partial charge in [0, 0.05) is 56.4 Å². The molecule has 0 bridgehead atoms. The molecule has 2 aromatic carbocycles. The number of oxazole rings is 1. The third-order valence-electron chi connectivity index (χ3n) is 6.61. The molecule has 1 fully saturated rings. The van der Waals surface area contributed by atoms with E-state index in [2.05, 4.69) is 45.1 Å². The van der Waals surface area contributed by atoms with E-state index in [1.807, 2.05) is 17.0 Å². The molecule has 35 heavy (non-hydrogen) atoms. The molecule has 182 valence electrons. The van der Waals surface area contributed by atoms with Gasteiger partial charge in [0.15, 0.2) is 5.69 Å². The number of aromatic amines is 1. The molecule has 0 saturated carbocycles. The topological polar surface area (TPSA) is 68.6 Å². The zero-order chi connectivity index (χ0) is 24.2. The summed E-state index contributed by atoms with van der Waals surface area (Å²) < 4.78 is 19.1. The third kappa shape index (κ3) is 5.61. The monoisotopic (exact) mass is 475 g/mol. The van der Waals surface area contributed by atoms with Crippen LogP contribution in [-0.4, -0.2) is 70.3 Å². The van der Waals surface area contributed by atoms with Crippen molar-refractivity contribution < 1.29 is 13.6 Å². The van der Waals surface area contributed by atoms with Gasteiger partial charge >= 0.3 is 0 Å². The number of benzene rings is 2. The van der Waals surface area contributed by atoms with Gasteiger partial charge in [-0.15, -0.1) is 0 Å². The highest BCUT2D eigenvalue weighted by Crippen LogP contribution is 2.20. The average molecular weight is 476 g/mol. The first-order valence-corrected chi connectivity index (χ1v) is 12.0. The van der Waals surface area contributed by atoms with E-state index in [0.29, 0.717) is 37.8 Å². The molecule has 0 aliphatic carbocycles. The molecule has 1 amide bonds. The molecule has 1 aliphatic heterocycles. The van der Waals surface area contributed by atoms with Crippen molar-refractivity contribution in [2.24, 2.45) is 0 Å². The number of amides is 1. The third-order valence-corrected chi connectivity index (χ3v) is 6.61. The van der Waals surface area contributed by atoms with Crippen molar-refractivity contribution in [2.45, 2.75) is 19.5 Å². The maximum atomic E-state index is 13.4. The predicted molar refractivity (Wildman–Crippen MR) is 132 cm³/mol. The molecule has 0 unspecified atom stereocenters. The summed E-state index contributed by atoms with van der Waals surface area (Å²) in [6.07, 6.45) is 4.35. The number of carbonyl (C=O) groups is 1. The SMILES string of the molecule is CN1CCN(C(=O)c2coc(CN(CCc3c[nH]c4ccccc34)Cc3ccc(F)cc3)n2)CC1. The quantitative estimate of drug-likeness (QED) is 0.418. The van der Waals surface area contributed by atoms with Gasteiger partial charge in [0.05, 0.1) is 6.54 Å². The number of likely N-dealkylation sites (N-methyl/N-ethyl adjacent to an activating group) is 1. The van der Waals surface area contributed by atoms with E-state index in [1.54, 1.807) is 12.1 Å². The molecule has 1 saturated heterocycles. The molecular weight excluding hydrogens is 445 g/mol. The highest BCUT2D eigenvalue weighted by atomic mass is 19.1. The summed E-state index contributed by atoms with van der Waals surface area (Å²) in [5.74, 6) is 0.166. The van der Waals surface area contributed by atoms with Crippen molar-refractivity contribution in [3.63, 3.8) is 0 Å². The van der Waals surface area contributed by atoms with E-state index >= 15 is 0 Å². The van der Waals surface area contributed by atoms with Gasteiger partial charge in [0.25, 0.3) is 5.91 Å². The lowest BCUT2D eigenvalue weighted by Gasteiger charge is -2.31. The fourth-order valence-electron chi connectivity index (χ4n) is 4.52. The number of nitrogens with one attached hydrogen (secondary N) is 1. The Hall–Kier alpha value is -3.49. The largest absolute Gasteiger partial charge is 0.447 e. The lowest BCUT2D eigenvalue weighted by molar-refractivity contribution is 0.0658. The number of para-hydroxylation sites is 1. The molecule has 0 radical (unpaired) electrons. The van der Waals surface area contributed by atoms with Gasteiger partial charge in [0.2, 0.25) is 5.89 Å². The highest BCUT2D eigenvalue weighted by Gasteiger charge is 2.23. The lowest BCUT2D eigenvalue weighted by atomic mass is 10.1. The number of nitrogens with zero attached hydrogens (tertiary/aromatic N) is 4. The van der Waals surface area contributed by atoms with Gasteiger partial charge in [-0.3, -0.25) is 9.69 Å². The van der Waals surface area contributed by atoms with Gasteiger partial charge in [0.1, 0.15) is 12.1 Å². The van der Waals surface area contributed by atoms with Crippen LogP contribution in [0.1, 0.15) is 27.5 Å². The molecule has 7 nitrogen and oxygen atoms in total. The fourth-order valence-corrected chi connectivity index (χ4v) is 4.52. The number of hydrogen-bond acceptors (Lipinski definition) is 5. The summed E-state index contributed by atoms with van der Waals surface area (Å²) in [6.45, 7) is 4.93. The van der Waals surface area contributed by atoms with Crippen molar-refractivity contribution in [3.05, 3.63) is 89.5 Å². The lowest BCUT2D eigenvalue weighted by Crippen LogP contribution is -2.47.